The summed E-state index contributed by atoms with van der Waals surface area (Å²) in [6, 6.07) is 6.10. The Hall–Kier alpha value is -1.24. The third kappa shape index (κ3) is 2.35. The predicted octanol–water partition coefficient (Wildman–Crippen LogP) is 3.25. The van der Waals surface area contributed by atoms with Crippen LogP contribution in [-0.4, -0.2) is 0 Å². The number of nitrogen functional groups attached to an aromatic ring is 1. The van der Waals surface area contributed by atoms with E-state index in [1.807, 2.05) is 19.9 Å². The van der Waals surface area contributed by atoms with E-state index in [4.69, 9.17) is 5.73 Å². The van der Waals surface area contributed by atoms with Gasteiger partial charge in [0.05, 0.1) is 0 Å². The fraction of sp³-hybridized carbons (Fsp3) is 0.333. The van der Waals surface area contributed by atoms with Gasteiger partial charge in [-0.3, -0.25) is 0 Å². The van der Waals surface area contributed by atoms with Crippen molar-refractivity contribution in [1.82, 2.24) is 0 Å². The van der Waals surface area contributed by atoms with Crippen LogP contribution < -0.4 is 5.73 Å². The van der Waals surface area contributed by atoms with Gasteiger partial charge in [0, 0.05) is 5.69 Å². The molecule has 0 bridgehead atoms. The molecule has 0 atom stereocenters. The minimum Gasteiger partial charge on any atom is -0.399 e. The first kappa shape index (κ1) is 9.85. The molecule has 0 fully saturated rings. The number of benzene rings is 1. The second-order valence-corrected chi connectivity index (χ2v) is 2.90. The molecule has 2 N–H and O–H groups in total. The van der Waals surface area contributed by atoms with Gasteiger partial charge in [0.15, 0.2) is 0 Å². The first-order valence-corrected chi connectivity index (χ1v) is 4.91. The van der Waals surface area contributed by atoms with Gasteiger partial charge in [-0.15, -0.1) is 0 Å². The Balaban J connectivity index is 0.000000396. The van der Waals surface area contributed by atoms with Gasteiger partial charge < -0.3 is 5.73 Å². The van der Waals surface area contributed by atoms with Crippen molar-refractivity contribution < 1.29 is 0 Å². The van der Waals surface area contributed by atoms with E-state index in [0.29, 0.717) is 0 Å². The van der Waals surface area contributed by atoms with Gasteiger partial charge in [-0.1, -0.05) is 32.1 Å². The SMILES string of the molecule is CC.Nc1ccc2c(c1)CCC=C2. The number of nitrogens with two attached hydrogens (primary N) is 1. The molecule has 0 aliphatic heterocycles. The van der Waals surface area contributed by atoms with Crippen LogP contribution in [0.1, 0.15) is 31.4 Å². The van der Waals surface area contributed by atoms with Crippen molar-refractivity contribution in [3.63, 3.8) is 0 Å². The Kier molecular flexibility index (Phi) is 3.56. The van der Waals surface area contributed by atoms with Gasteiger partial charge in [-0.25, -0.2) is 0 Å². The molecule has 1 aliphatic rings. The maximum atomic E-state index is 5.66. The Labute approximate surface area is 80.3 Å². The summed E-state index contributed by atoms with van der Waals surface area (Å²) < 4.78 is 0. The number of hydrogen-bond acceptors (Lipinski definition) is 1. The highest BCUT2D eigenvalue weighted by atomic mass is 14.5. The van der Waals surface area contributed by atoms with Gasteiger partial charge in [-0.05, 0) is 36.1 Å². The van der Waals surface area contributed by atoms with E-state index in [9.17, 15) is 0 Å². The highest BCUT2D eigenvalue weighted by molar-refractivity contribution is 5.60. The largest absolute Gasteiger partial charge is 0.399 e. The van der Waals surface area contributed by atoms with Crippen LogP contribution in [-0.2, 0) is 6.42 Å². The molecule has 13 heavy (non-hydrogen) atoms. The second-order valence-electron chi connectivity index (χ2n) is 2.90. The summed E-state index contributed by atoms with van der Waals surface area (Å²) in [5.74, 6) is 0. The quantitative estimate of drug-likeness (QED) is 0.602. The fourth-order valence-electron chi connectivity index (χ4n) is 1.45. The Bertz CT molecular complexity index is 300. The van der Waals surface area contributed by atoms with E-state index >= 15 is 0 Å². The lowest BCUT2D eigenvalue weighted by atomic mass is 9.97. The maximum Gasteiger partial charge on any atom is 0.0317 e. The van der Waals surface area contributed by atoms with E-state index in [1.54, 1.807) is 0 Å². The fourth-order valence-corrected chi connectivity index (χ4v) is 1.45. The third-order valence-corrected chi connectivity index (χ3v) is 2.04. The van der Waals surface area contributed by atoms with Crippen LogP contribution in [0.2, 0.25) is 0 Å². The summed E-state index contributed by atoms with van der Waals surface area (Å²) in [5.41, 5.74) is 9.24. The van der Waals surface area contributed by atoms with Crippen molar-refractivity contribution >= 4 is 11.8 Å². The normalized spacial score (nSPS) is 12.8. The molecule has 1 aromatic rings. The Morgan fingerprint density at radius 2 is 2.00 bits per heavy atom. The molecule has 0 unspecified atom stereocenters. The summed E-state index contributed by atoms with van der Waals surface area (Å²) in [6.45, 7) is 4.00. The van der Waals surface area contributed by atoms with Crippen LogP contribution in [0.3, 0.4) is 0 Å². The molecule has 0 saturated heterocycles. The first-order chi connectivity index (χ1) is 6.36. The topological polar surface area (TPSA) is 26.0 Å². The van der Waals surface area contributed by atoms with Crippen molar-refractivity contribution in [2.75, 3.05) is 5.73 Å². The molecule has 0 spiro atoms. The highest BCUT2D eigenvalue weighted by Gasteiger charge is 2.02. The van der Waals surface area contributed by atoms with Crippen LogP contribution >= 0.6 is 0 Å². The van der Waals surface area contributed by atoms with Crippen LogP contribution in [0.25, 0.3) is 6.08 Å². The van der Waals surface area contributed by atoms with Crippen molar-refractivity contribution in [2.45, 2.75) is 26.7 Å². The average molecular weight is 175 g/mol. The zero-order valence-electron chi connectivity index (χ0n) is 8.38. The summed E-state index contributed by atoms with van der Waals surface area (Å²) in [7, 11) is 0. The molecule has 1 nitrogen and oxygen atoms in total. The molecule has 0 amide bonds. The molecule has 2 rings (SSSR count). The maximum absolute atomic E-state index is 5.66. The van der Waals surface area contributed by atoms with Crippen molar-refractivity contribution in [1.29, 1.82) is 0 Å². The van der Waals surface area contributed by atoms with Crippen LogP contribution in [0.5, 0.6) is 0 Å². The van der Waals surface area contributed by atoms with E-state index in [0.717, 1.165) is 18.5 Å². The summed E-state index contributed by atoms with van der Waals surface area (Å²) in [4.78, 5) is 0. The van der Waals surface area contributed by atoms with Gasteiger partial charge in [-0.2, -0.15) is 0 Å². The van der Waals surface area contributed by atoms with E-state index in [1.165, 1.54) is 11.1 Å². The molecule has 1 aliphatic carbocycles. The molecule has 70 valence electrons. The standard InChI is InChI=1S/C10H11N.C2H6/c11-10-6-5-8-3-1-2-4-9(8)7-10;1-2/h1,3,5-7H,2,4,11H2;1-2H3. The zero-order chi connectivity index (χ0) is 9.68. The van der Waals surface area contributed by atoms with Gasteiger partial charge in [0.25, 0.3) is 0 Å². The second kappa shape index (κ2) is 4.70. The monoisotopic (exact) mass is 175 g/mol. The first-order valence-electron chi connectivity index (χ1n) is 4.91. The number of aryl methyl sites for hydroxylation is 1. The van der Waals surface area contributed by atoms with Crippen molar-refractivity contribution in [3.8, 4) is 0 Å². The third-order valence-electron chi connectivity index (χ3n) is 2.04. The predicted molar refractivity (Wildman–Crippen MR) is 59.6 cm³/mol. The molecule has 1 aromatic carbocycles. The van der Waals surface area contributed by atoms with Gasteiger partial charge in [0.2, 0.25) is 0 Å². The lowest BCUT2D eigenvalue weighted by Gasteiger charge is -2.09. The lowest BCUT2D eigenvalue weighted by Crippen LogP contribution is -1.95. The molecular formula is C12H17N. The number of hydrogen-bond donors (Lipinski definition) is 1. The van der Waals surface area contributed by atoms with Crippen molar-refractivity contribution in [2.24, 2.45) is 0 Å². The molecular weight excluding hydrogens is 158 g/mol. The number of rotatable bonds is 0. The van der Waals surface area contributed by atoms with Gasteiger partial charge in [0.1, 0.15) is 0 Å². The van der Waals surface area contributed by atoms with E-state index in [-0.39, 0.29) is 0 Å². The Morgan fingerprint density at radius 3 is 2.77 bits per heavy atom. The summed E-state index contributed by atoms with van der Waals surface area (Å²) >= 11 is 0. The highest BCUT2D eigenvalue weighted by Crippen LogP contribution is 2.20. The van der Waals surface area contributed by atoms with Crippen LogP contribution in [0.15, 0.2) is 24.3 Å². The summed E-state index contributed by atoms with van der Waals surface area (Å²) in [6.07, 6.45) is 6.66. The molecule has 0 aromatic heterocycles. The minimum absolute atomic E-state index is 0.874. The van der Waals surface area contributed by atoms with Crippen LogP contribution in [0, 0.1) is 0 Å². The molecule has 0 radical (unpaired) electrons. The number of fused-ring (bicyclic) bond motifs is 1. The smallest absolute Gasteiger partial charge is 0.0317 e. The molecule has 0 heterocycles. The average Bonchev–Trinajstić information content (AvgIpc) is 2.21. The lowest BCUT2D eigenvalue weighted by molar-refractivity contribution is 0.986. The van der Waals surface area contributed by atoms with E-state index in [2.05, 4.69) is 24.3 Å². The molecule has 1 heteroatoms. The van der Waals surface area contributed by atoms with Gasteiger partial charge >= 0.3 is 0 Å². The number of allylic oxidation sites excluding steroid dienone is 1. The zero-order valence-corrected chi connectivity index (χ0v) is 8.38. The van der Waals surface area contributed by atoms with E-state index < -0.39 is 0 Å². The van der Waals surface area contributed by atoms with Crippen LogP contribution in [0.4, 0.5) is 5.69 Å². The minimum atomic E-state index is 0.874. The summed E-state index contributed by atoms with van der Waals surface area (Å²) in [5, 5.41) is 0. The Morgan fingerprint density at radius 1 is 1.23 bits per heavy atom. The molecule has 0 saturated carbocycles. The number of anilines is 1. The van der Waals surface area contributed by atoms with Crippen molar-refractivity contribution in [3.05, 3.63) is 35.4 Å².